The van der Waals surface area contributed by atoms with Gasteiger partial charge in [-0.25, -0.2) is 0 Å². The van der Waals surface area contributed by atoms with E-state index in [1.54, 1.807) is 25.1 Å². The van der Waals surface area contributed by atoms with Crippen LogP contribution in [0, 0.1) is 17.2 Å². The van der Waals surface area contributed by atoms with Gasteiger partial charge in [-0.2, -0.15) is 5.26 Å². The van der Waals surface area contributed by atoms with Crippen molar-refractivity contribution in [3.63, 3.8) is 0 Å². The predicted octanol–water partition coefficient (Wildman–Crippen LogP) is 3.42. The van der Waals surface area contributed by atoms with E-state index < -0.39 is 5.60 Å². The molecule has 0 radical (unpaired) electrons. The van der Waals surface area contributed by atoms with Crippen molar-refractivity contribution >= 4 is 17.3 Å². The van der Waals surface area contributed by atoms with E-state index in [-0.39, 0.29) is 0 Å². The van der Waals surface area contributed by atoms with Crippen LogP contribution in [0.15, 0.2) is 18.2 Å². The minimum absolute atomic E-state index is 0.427. The average molecular weight is 267 g/mol. The monoisotopic (exact) mass is 266 g/mol. The van der Waals surface area contributed by atoms with Crippen LogP contribution in [0.5, 0.6) is 0 Å². The van der Waals surface area contributed by atoms with Crippen molar-refractivity contribution < 1.29 is 5.11 Å². The molecule has 3 nitrogen and oxygen atoms in total. The van der Waals surface area contributed by atoms with Crippen LogP contribution < -0.4 is 5.32 Å². The van der Waals surface area contributed by atoms with Crippen LogP contribution in [0.4, 0.5) is 5.69 Å². The van der Waals surface area contributed by atoms with Crippen molar-refractivity contribution in [1.29, 1.82) is 5.26 Å². The average Bonchev–Trinajstić information content (AvgIpc) is 2.25. The Morgan fingerprint density at radius 1 is 1.50 bits per heavy atom. The summed E-state index contributed by atoms with van der Waals surface area (Å²) in [4.78, 5) is 0. The van der Waals surface area contributed by atoms with E-state index in [4.69, 9.17) is 16.9 Å². The first-order valence-corrected chi connectivity index (χ1v) is 6.38. The molecule has 0 amide bonds. The lowest BCUT2D eigenvalue weighted by molar-refractivity contribution is 0.0515. The summed E-state index contributed by atoms with van der Waals surface area (Å²) in [5.41, 5.74) is 0.491. The molecule has 18 heavy (non-hydrogen) atoms. The molecule has 0 fully saturated rings. The number of rotatable bonds is 5. The minimum Gasteiger partial charge on any atom is -0.388 e. The van der Waals surface area contributed by atoms with Gasteiger partial charge in [0.1, 0.15) is 0 Å². The lowest BCUT2D eigenvalue weighted by Crippen LogP contribution is -2.34. The van der Waals surface area contributed by atoms with Gasteiger partial charge in [0.25, 0.3) is 0 Å². The summed E-state index contributed by atoms with van der Waals surface area (Å²) >= 11 is 6.05. The summed E-state index contributed by atoms with van der Waals surface area (Å²) in [6, 6.07) is 7.10. The number of nitrogens with zero attached hydrogens (tertiary/aromatic N) is 1. The van der Waals surface area contributed by atoms with E-state index in [2.05, 4.69) is 19.2 Å². The number of nitriles is 1. The van der Waals surface area contributed by atoms with E-state index in [0.29, 0.717) is 29.5 Å². The van der Waals surface area contributed by atoms with Gasteiger partial charge in [-0.15, -0.1) is 0 Å². The Morgan fingerprint density at radius 2 is 2.17 bits per heavy atom. The molecule has 0 aliphatic rings. The fourth-order valence-electron chi connectivity index (χ4n) is 1.97. The van der Waals surface area contributed by atoms with Gasteiger partial charge in [0.15, 0.2) is 0 Å². The molecule has 1 rings (SSSR count). The number of benzene rings is 1. The maximum absolute atomic E-state index is 10.2. The number of aliphatic hydroxyl groups is 1. The van der Waals surface area contributed by atoms with Gasteiger partial charge >= 0.3 is 0 Å². The third kappa shape index (κ3) is 4.56. The maximum Gasteiger partial charge on any atom is 0.0992 e. The maximum atomic E-state index is 10.2. The second kappa shape index (κ2) is 6.08. The molecular formula is C14H19ClN2O. The lowest BCUT2D eigenvalue weighted by atomic mass is 9.94. The van der Waals surface area contributed by atoms with Gasteiger partial charge in [0.2, 0.25) is 0 Å². The molecule has 4 heteroatoms. The third-order valence-corrected chi connectivity index (χ3v) is 2.92. The molecule has 0 aromatic heterocycles. The zero-order chi connectivity index (χ0) is 13.8. The molecule has 1 unspecified atom stereocenters. The topological polar surface area (TPSA) is 56.0 Å². The number of hydrogen-bond acceptors (Lipinski definition) is 3. The molecule has 0 spiro atoms. The van der Waals surface area contributed by atoms with Gasteiger partial charge in [-0.3, -0.25) is 0 Å². The summed E-state index contributed by atoms with van der Waals surface area (Å²) in [5, 5.41) is 22.5. The summed E-state index contributed by atoms with van der Waals surface area (Å²) in [6.45, 7) is 6.38. The SMILES string of the molecule is CC(C)CC(C)(O)CNc1ccc(C#N)cc1Cl. The highest BCUT2D eigenvalue weighted by atomic mass is 35.5. The fourth-order valence-corrected chi connectivity index (χ4v) is 2.21. The molecule has 0 bridgehead atoms. The van der Waals surface area contributed by atoms with E-state index in [1.165, 1.54) is 0 Å². The van der Waals surface area contributed by atoms with E-state index in [1.807, 2.05) is 6.07 Å². The molecule has 1 aromatic rings. The molecule has 0 saturated carbocycles. The van der Waals surface area contributed by atoms with Crippen LogP contribution in [-0.2, 0) is 0 Å². The standard InChI is InChI=1S/C14H19ClN2O/c1-10(2)7-14(3,18)9-17-13-5-4-11(8-16)6-12(13)15/h4-6,10,17-18H,7,9H2,1-3H3. The molecule has 0 heterocycles. The van der Waals surface area contributed by atoms with Crippen LogP contribution in [0.1, 0.15) is 32.8 Å². The number of hydrogen-bond donors (Lipinski definition) is 2. The molecule has 0 aliphatic heterocycles. The normalized spacial score (nSPS) is 14.1. The Labute approximate surface area is 113 Å². The van der Waals surface area contributed by atoms with Crippen molar-refractivity contribution in [2.24, 2.45) is 5.92 Å². The zero-order valence-electron chi connectivity index (χ0n) is 11.0. The Bertz CT molecular complexity index is 450. The van der Waals surface area contributed by atoms with Crippen molar-refractivity contribution in [3.05, 3.63) is 28.8 Å². The lowest BCUT2D eigenvalue weighted by Gasteiger charge is -2.26. The van der Waals surface area contributed by atoms with Crippen molar-refractivity contribution in [1.82, 2.24) is 0 Å². The summed E-state index contributed by atoms with van der Waals surface area (Å²) in [7, 11) is 0. The van der Waals surface area contributed by atoms with Crippen LogP contribution in [0.2, 0.25) is 5.02 Å². The molecule has 1 atom stereocenters. The minimum atomic E-state index is -0.772. The van der Waals surface area contributed by atoms with Gasteiger partial charge in [-0.05, 0) is 37.5 Å². The van der Waals surface area contributed by atoms with Gasteiger partial charge in [0, 0.05) is 6.54 Å². The molecule has 98 valence electrons. The third-order valence-electron chi connectivity index (χ3n) is 2.61. The summed E-state index contributed by atoms with van der Waals surface area (Å²) in [5.74, 6) is 0.429. The van der Waals surface area contributed by atoms with Crippen LogP contribution in [0.25, 0.3) is 0 Å². The molecule has 2 N–H and O–H groups in total. The fraction of sp³-hybridized carbons (Fsp3) is 0.500. The van der Waals surface area contributed by atoms with Crippen LogP contribution >= 0.6 is 11.6 Å². The van der Waals surface area contributed by atoms with E-state index in [9.17, 15) is 5.11 Å². The van der Waals surface area contributed by atoms with Gasteiger partial charge in [-0.1, -0.05) is 25.4 Å². The summed E-state index contributed by atoms with van der Waals surface area (Å²) in [6.07, 6.45) is 0.716. The highest BCUT2D eigenvalue weighted by Gasteiger charge is 2.21. The predicted molar refractivity (Wildman–Crippen MR) is 74.7 cm³/mol. The Balaban J connectivity index is 2.67. The van der Waals surface area contributed by atoms with Gasteiger partial charge in [0.05, 0.1) is 27.9 Å². The Kier molecular flexibility index (Phi) is 5.01. The number of nitrogens with one attached hydrogen (secondary N) is 1. The van der Waals surface area contributed by atoms with Gasteiger partial charge < -0.3 is 10.4 Å². The first-order valence-electron chi connectivity index (χ1n) is 6.00. The highest BCUT2D eigenvalue weighted by Crippen LogP contribution is 2.24. The van der Waals surface area contributed by atoms with E-state index in [0.717, 1.165) is 5.69 Å². The van der Waals surface area contributed by atoms with Crippen molar-refractivity contribution in [2.75, 3.05) is 11.9 Å². The first-order chi connectivity index (χ1) is 8.34. The first kappa shape index (κ1) is 14.8. The number of halogens is 1. The molecule has 1 aromatic carbocycles. The quantitative estimate of drug-likeness (QED) is 0.859. The smallest absolute Gasteiger partial charge is 0.0992 e. The van der Waals surface area contributed by atoms with Crippen molar-refractivity contribution in [3.8, 4) is 6.07 Å². The zero-order valence-corrected chi connectivity index (χ0v) is 11.8. The van der Waals surface area contributed by atoms with E-state index >= 15 is 0 Å². The highest BCUT2D eigenvalue weighted by molar-refractivity contribution is 6.33. The van der Waals surface area contributed by atoms with Crippen LogP contribution in [0.3, 0.4) is 0 Å². The second-order valence-corrected chi connectivity index (χ2v) is 5.66. The number of anilines is 1. The second-order valence-electron chi connectivity index (χ2n) is 5.25. The van der Waals surface area contributed by atoms with Crippen LogP contribution in [-0.4, -0.2) is 17.3 Å². The Hall–Kier alpha value is -1.24. The van der Waals surface area contributed by atoms with Crippen molar-refractivity contribution in [2.45, 2.75) is 32.8 Å². The molecule has 0 aliphatic carbocycles. The Morgan fingerprint density at radius 3 is 2.67 bits per heavy atom. The molecule has 0 saturated heterocycles. The largest absolute Gasteiger partial charge is 0.388 e. The summed E-state index contributed by atoms with van der Waals surface area (Å²) < 4.78 is 0. The molecular weight excluding hydrogens is 248 g/mol.